The van der Waals surface area contributed by atoms with Gasteiger partial charge in [-0.05, 0) is 45.0 Å². The Morgan fingerprint density at radius 2 is 1.81 bits per heavy atom. The maximum absolute atomic E-state index is 12.6. The monoisotopic (exact) mass is 308 g/mol. The molecule has 0 saturated carbocycles. The van der Waals surface area contributed by atoms with E-state index >= 15 is 0 Å². The van der Waals surface area contributed by atoms with Crippen molar-refractivity contribution in [2.24, 2.45) is 0 Å². The molecule has 1 aliphatic rings. The Kier molecular flexibility index (Phi) is 4.40. The maximum atomic E-state index is 12.6. The highest BCUT2D eigenvalue weighted by molar-refractivity contribution is 6.30. The molecule has 1 fully saturated rings. The highest BCUT2D eigenvalue weighted by Crippen LogP contribution is 2.25. The summed E-state index contributed by atoms with van der Waals surface area (Å²) in [5, 5.41) is 0.606. The van der Waals surface area contributed by atoms with E-state index in [9.17, 15) is 9.59 Å². The fraction of sp³-hybridized carbons (Fsp3) is 0.500. The average Bonchev–Trinajstić information content (AvgIpc) is 2.44. The van der Waals surface area contributed by atoms with Crippen LogP contribution in [0.3, 0.4) is 0 Å². The first kappa shape index (κ1) is 16.0. The van der Waals surface area contributed by atoms with Gasteiger partial charge in [0.25, 0.3) is 0 Å². The third-order valence-electron chi connectivity index (χ3n) is 4.24. The molecule has 2 rings (SSSR count). The predicted octanol–water partition coefficient (Wildman–Crippen LogP) is 2.46. The van der Waals surface area contributed by atoms with Gasteiger partial charge in [0.15, 0.2) is 5.78 Å². The average molecular weight is 309 g/mol. The second kappa shape index (κ2) is 5.78. The number of carbonyl (C=O) groups excluding carboxylic acids is 2. The number of hydrogen-bond acceptors (Lipinski definition) is 3. The van der Waals surface area contributed by atoms with Gasteiger partial charge in [0.05, 0.1) is 11.6 Å². The number of rotatable bonds is 3. The molecule has 0 spiro atoms. The van der Waals surface area contributed by atoms with Gasteiger partial charge in [0.2, 0.25) is 5.91 Å². The van der Waals surface area contributed by atoms with Crippen LogP contribution in [0.1, 0.15) is 31.1 Å². The zero-order chi connectivity index (χ0) is 15.8. The molecule has 0 bridgehead atoms. The lowest BCUT2D eigenvalue weighted by atomic mass is 9.93. The van der Waals surface area contributed by atoms with E-state index in [1.807, 2.05) is 25.7 Å². The molecule has 1 aliphatic heterocycles. The topological polar surface area (TPSA) is 40.6 Å². The summed E-state index contributed by atoms with van der Waals surface area (Å²) < 4.78 is 0. The smallest absolute Gasteiger partial charge is 0.242 e. The molecule has 1 atom stereocenters. The number of hydrogen-bond donors (Lipinski definition) is 0. The molecule has 1 aromatic rings. The summed E-state index contributed by atoms with van der Waals surface area (Å²) in [7, 11) is 1.80. The fourth-order valence-electron chi connectivity index (χ4n) is 2.90. The SMILES string of the molecule is CC(C(=O)c1ccc(Cl)cc1)N1CCN(C)C(=O)C1(C)C. The minimum absolute atomic E-state index is 0.0112. The molecule has 1 amide bonds. The highest BCUT2D eigenvalue weighted by Gasteiger charge is 2.44. The van der Waals surface area contributed by atoms with Crippen LogP contribution in [0.25, 0.3) is 0 Å². The molecular formula is C16H21ClN2O2. The molecule has 1 heterocycles. The lowest BCUT2D eigenvalue weighted by molar-refractivity contribution is -0.148. The minimum atomic E-state index is -0.672. The first-order chi connectivity index (χ1) is 9.75. The normalized spacial score (nSPS) is 20.4. The second-order valence-corrected chi connectivity index (χ2v) is 6.46. The van der Waals surface area contributed by atoms with Gasteiger partial charge >= 0.3 is 0 Å². The summed E-state index contributed by atoms with van der Waals surface area (Å²) in [6.07, 6.45) is 0. The van der Waals surface area contributed by atoms with E-state index in [-0.39, 0.29) is 17.7 Å². The quantitative estimate of drug-likeness (QED) is 0.805. The van der Waals surface area contributed by atoms with Gasteiger partial charge in [0.1, 0.15) is 0 Å². The first-order valence-electron chi connectivity index (χ1n) is 7.07. The van der Waals surface area contributed by atoms with Gasteiger partial charge < -0.3 is 4.90 Å². The number of ketones is 1. The minimum Gasteiger partial charge on any atom is -0.343 e. The van der Waals surface area contributed by atoms with Gasteiger partial charge in [-0.25, -0.2) is 0 Å². The third kappa shape index (κ3) is 2.97. The van der Waals surface area contributed by atoms with Crippen molar-refractivity contribution < 1.29 is 9.59 Å². The molecule has 0 aliphatic carbocycles. The molecule has 1 aromatic carbocycles. The van der Waals surface area contributed by atoms with E-state index in [1.54, 1.807) is 36.2 Å². The Balaban J connectivity index is 2.23. The van der Waals surface area contributed by atoms with E-state index in [1.165, 1.54) is 0 Å². The Labute approximate surface area is 130 Å². The molecule has 1 saturated heterocycles. The van der Waals surface area contributed by atoms with Crippen molar-refractivity contribution in [3.05, 3.63) is 34.9 Å². The van der Waals surface area contributed by atoms with Crippen molar-refractivity contribution in [1.82, 2.24) is 9.80 Å². The summed E-state index contributed by atoms with van der Waals surface area (Å²) in [6, 6.07) is 6.53. The van der Waals surface area contributed by atoms with E-state index < -0.39 is 5.54 Å². The van der Waals surface area contributed by atoms with Crippen molar-refractivity contribution in [3.63, 3.8) is 0 Å². The predicted molar refractivity (Wildman–Crippen MR) is 83.7 cm³/mol. The van der Waals surface area contributed by atoms with E-state index in [4.69, 9.17) is 11.6 Å². The van der Waals surface area contributed by atoms with Gasteiger partial charge in [-0.1, -0.05) is 11.6 Å². The molecule has 1 unspecified atom stereocenters. The summed E-state index contributed by atoms with van der Waals surface area (Å²) in [4.78, 5) is 28.6. The van der Waals surface area contributed by atoms with Crippen molar-refractivity contribution >= 4 is 23.3 Å². The third-order valence-corrected chi connectivity index (χ3v) is 4.49. The van der Waals surface area contributed by atoms with Crippen LogP contribution in [0.5, 0.6) is 0 Å². The fourth-order valence-corrected chi connectivity index (χ4v) is 3.03. The first-order valence-corrected chi connectivity index (χ1v) is 7.45. The summed E-state index contributed by atoms with van der Waals surface area (Å²) in [5.41, 5.74) is -0.0526. The summed E-state index contributed by atoms with van der Waals surface area (Å²) in [6.45, 7) is 6.93. The van der Waals surface area contributed by atoms with Crippen LogP contribution in [0, 0.1) is 0 Å². The molecule has 0 aromatic heterocycles. The Bertz CT molecular complexity index is 554. The number of likely N-dealkylation sites (N-methyl/N-ethyl adjacent to an activating group) is 1. The van der Waals surface area contributed by atoms with Gasteiger partial charge in [-0.15, -0.1) is 0 Å². The maximum Gasteiger partial charge on any atom is 0.242 e. The van der Waals surface area contributed by atoms with Crippen LogP contribution in [0.4, 0.5) is 0 Å². The summed E-state index contributed by atoms with van der Waals surface area (Å²) >= 11 is 5.85. The van der Waals surface area contributed by atoms with E-state index in [2.05, 4.69) is 0 Å². The Hall–Kier alpha value is -1.39. The number of piperazine rings is 1. The molecule has 5 heteroatoms. The van der Waals surface area contributed by atoms with Crippen LogP contribution in [0.2, 0.25) is 5.02 Å². The zero-order valence-electron chi connectivity index (χ0n) is 12.9. The molecule has 4 nitrogen and oxygen atoms in total. The Morgan fingerprint density at radius 1 is 1.24 bits per heavy atom. The lowest BCUT2D eigenvalue weighted by Gasteiger charge is -2.47. The van der Waals surface area contributed by atoms with Crippen molar-refractivity contribution in [2.75, 3.05) is 20.1 Å². The number of nitrogens with zero attached hydrogens (tertiary/aromatic N) is 2. The number of Topliss-reactive ketones (excluding diaryl/α,β-unsaturated/α-hetero) is 1. The van der Waals surface area contributed by atoms with Crippen LogP contribution in [-0.4, -0.2) is 53.2 Å². The molecule has 0 radical (unpaired) electrons. The Morgan fingerprint density at radius 3 is 2.38 bits per heavy atom. The van der Waals surface area contributed by atoms with Gasteiger partial charge in [-0.2, -0.15) is 0 Å². The van der Waals surface area contributed by atoms with Crippen LogP contribution < -0.4 is 0 Å². The standard InChI is InChI=1S/C16H21ClN2O2/c1-11(14(20)12-5-7-13(17)8-6-12)19-10-9-18(4)15(21)16(19,2)3/h5-8,11H,9-10H2,1-4H3. The van der Waals surface area contributed by atoms with Crippen LogP contribution in [0.15, 0.2) is 24.3 Å². The van der Waals surface area contributed by atoms with E-state index in [0.717, 1.165) is 0 Å². The highest BCUT2D eigenvalue weighted by atomic mass is 35.5. The molecule has 114 valence electrons. The zero-order valence-corrected chi connectivity index (χ0v) is 13.6. The van der Waals surface area contributed by atoms with Gasteiger partial charge in [0, 0.05) is 30.7 Å². The van der Waals surface area contributed by atoms with Crippen LogP contribution in [-0.2, 0) is 4.79 Å². The largest absolute Gasteiger partial charge is 0.343 e. The van der Waals surface area contributed by atoms with Crippen molar-refractivity contribution in [3.8, 4) is 0 Å². The van der Waals surface area contributed by atoms with E-state index in [0.29, 0.717) is 23.7 Å². The van der Waals surface area contributed by atoms with Crippen molar-refractivity contribution in [1.29, 1.82) is 0 Å². The van der Waals surface area contributed by atoms with Gasteiger partial charge in [-0.3, -0.25) is 14.5 Å². The van der Waals surface area contributed by atoms with Crippen molar-refractivity contribution in [2.45, 2.75) is 32.4 Å². The lowest BCUT2D eigenvalue weighted by Crippen LogP contribution is -2.65. The number of halogens is 1. The molecule has 0 N–H and O–H groups in total. The van der Waals surface area contributed by atoms with Crippen LogP contribution >= 0.6 is 11.6 Å². The second-order valence-electron chi connectivity index (χ2n) is 6.03. The summed E-state index contributed by atoms with van der Waals surface area (Å²) in [5.74, 6) is 0.0570. The number of benzene rings is 1. The number of amides is 1. The molecular weight excluding hydrogens is 288 g/mol. The number of carbonyl (C=O) groups is 2. The molecule has 21 heavy (non-hydrogen) atoms.